The molecule has 1 radical (unpaired) electrons. The molecule has 2 rings (SSSR count). The number of hydrogen-bond acceptors (Lipinski definition) is 4. The first kappa shape index (κ1) is 11.6. The van der Waals surface area contributed by atoms with Crippen molar-refractivity contribution in [2.24, 2.45) is 0 Å². The molecule has 1 saturated heterocycles. The van der Waals surface area contributed by atoms with Gasteiger partial charge < -0.3 is 15.3 Å². The molecule has 89 valence electrons. The zero-order chi connectivity index (χ0) is 11.4. The maximum atomic E-state index is 10.1. The number of dihydropyridines is 1. The van der Waals surface area contributed by atoms with Gasteiger partial charge >= 0.3 is 0 Å². The monoisotopic (exact) mass is 222 g/mol. The predicted octanol–water partition coefficient (Wildman–Crippen LogP) is -0.200. The molecule has 2 heterocycles. The van der Waals surface area contributed by atoms with Crippen LogP contribution < -0.4 is 5.32 Å². The first-order valence-electron chi connectivity index (χ1n) is 5.81. The molecule has 1 unspecified atom stereocenters. The highest BCUT2D eigenvalue weighted by Crippen LogP contribution is 2.11. The number of nitrogens with zero attached hydrogens (tertiary/aromatic N) is 2. The number of hydrogen-bond donors (Lipinski definition) is 2. The molecular weight excluding hydrogens is 202 g/mol. The molecular formula is C12H20N3O. The minimum atomic E-state index is -0.412. The van der Waals surface area contributed by atoms with E-state index in [9.17, 15) is 5.11 Å². The zero-order valence-electron chi connectivity index (χ0n) is 9.76. The molecule has 1 atom stereocenters. The van der Waals surface area contributed by atoms with Crippen LogP contribution in [0.1, 0.15) is 0 Å². The van der Waals surface area contributed by atoms with Gasteiger partial charge in [0.25, 0.3) is 0 Å². The van der Waals surface area contributed by atoms with E-state index in [-0.39, 0.29) is 0 Å². The molecule has 16 heavy (non-hydrogen) atoms. The van der Waals surface area contributed by atoms with Crippen LogP contribution in [0.4, 0.5) is 0 Å². The molecule has 0 spiro atoms. The Hall–Kier alpha value is -0.840. The lowest BCUT2D eigenvalue weighted by Gasteiger charge is -2.34. The molecule has 0 amide bonds. The summed E-state index contributed by atoms with van der Waals surface area (Å²) < 4.78 is 0. The Morgan fingerprint density at radius 2 is 2.06 bits per heavy atom. The van der Waals surface area contributed by atoms with E-state index >= 15 is 0 Å². The lowest BCUT2D eigenvalue weighted by atomic mass is 10.1. The van der Waals surface area contributed by atoms with Crippen LogP contribution in [0.25, 0.3) is 0 Å². The molecule has 4 nitrogen and oxygen atoms in total. The summed E-state index contributed by atoms with van der Waals surface area (Å²) in [4.78, 5) is 4.63. The molecule has 0 bridgehead atoms. The molecule has 0 saturated carbocycles. The average Bonchev–Trinajstić information content (AvgIpc) is 2.33. The van der Waals surface area contributed by atoms with Crippen LogP contribution in [0.2, 0.25) is 0 Å². The summed E-state index contributed by atoms with van der Waals surface area (Å²) in [7, 11) is 2.14. The molecule has 0 aromatic carbocycles. The second-order valence-electron chi connectivity index (χ2n) is 4.44. The molecule has 2 aliphatic heterocycles. The van der Waals surface area contributed by atoms with Crippen molar-refractivity contribution in [3.05, 3.63) is 30.5 Å². The Labute approximate surface area is 97.2 Å². The van der Waals surface area contributed by atoms with E-state index in [0.29, 0.717) is 6.54 Å². The Kier molecular flexibility index (Phi) is 3.98. The highest BCUT2D eigenvalue weighted by atomic mass is 16.3. The number of likely N-dealkylation sites (N-methyl/N-ethyl adjacent to an activating group) is 1. The lowest BCUT2D eigenvalue weighted by Crippen LogP contribution is -2.48. The molecule has 0 aromatic rings. The van der Waals surface area contributed by atoms with Gasteiger partial charge in [-0.15, -0.1) is 0 Å². The van der Waals surface area contributed by atoms with Gasteiger partial charge in [0.2, 0.25) is 0 Å². The molecule has 0 aromatic heterocycles. The van der Waals surface area contributed by atoms with Gasteiger partial charge in [-0.2, -0.15) is 0 Å². The normalized spacial score (nSPS) is 25.6. The average molecular weight is 222 g/mol. The second-order valence-corrected chi connectivity index (χ2v) is 4.44. The fourth-order valence-electron chi connectivity index (χ4n) is 1.99. The minimum absolute atomic E-state index is 0.412. The highest BCUT2D eigenvalue weighted by Gasteiger charge is 2.22. The van der Waals surface area contributed by atoms with E-state index in [1.165, 1.54) is 0 Å². The number of aliphatic hydroxyl groups is 1. The summed E-state index contributed by atoms with van der Waals surface area (Å²) in [6.07, 6.45) is 7.23. The van der Waals surface area contributed by atoms with Crippen molar-refractivity contribution in [2.75, 3.05) is 39.8 Å². The number of aliphatic hydroxyl groups excluding tert-OH is 1. The van der Waals surface area contributed by atoms with Crippen LogP contribution in [0.15, 0.2) is 24.4 Å². The van der Waals surface area contributed by atoms with E-state index in [1.807, 2.05) is 24.4 Å². The van der Waals surface area contributed by atoms with Crippen molar-refractivity contribution in [2.45, 2.75) is 6.10 Å². The van der Waals surface area contributed by atoms with Crippen LogP contribution in [0.3, 0.4) is 0 Å². The number of nitrogens with one attached hydrogen (secondary N) is 1. The minimum Gasteiger partial charge on any atom is -0.389 e. The van der Waals surface area contributed by atoms with Crippen LogP contribution in [-0.2, 0) is 0 Å². The summed E-state index contributed by atoms with van der Waals surface area (Å²) in [5.41, 5.74) is 0. The van der Waals surface area contributed by atoms with Crippen molar-refractivity contribution in [1.29, 1.82) is 0 Å². The molecule has 0 aliphatic carbocycles. The lowest BCUT2D eigenvalue weighted by molar-refractivity contribution is 0.0868. The van der Waals surface area contributed by atoms with Crippen LogP contribution in [0.5, 0.6) is 0 Å². The van der Waals surface area contributed by atoms with Crippen LogP contribution >= 0.6 is 0 Å². The van der Waals surface area contributed by atoms with Gasteiger partial charge in [-0.1, -0.05) is 12.2 Å². The van der Waals surface area contributed by atoms with Gasteiger partial charge in [0.1, 0.15) is 6.04 Å². The third-order valence-corrected chi connectivity index (χ3v) is 3.12. The smallest absolute Gasteiger partial charge is 0.112 e. The van der Waals surface area contributed by atoms with Crippen molar-refractivity contribution >= 4 is 0 Å². The zero-order valence-corrected chi connectivity index (χ0v) is 9.76. The van der Waals surface area contributed by atoms with Crippen molar-refractivity contribution < 1.29 is 5.11 Å². The van der Waals surface area contributed by atoms with E-state index in [2.05, 4.69) is 22.2 Å². The maximum absolute atomic E-state index is 10.1. The van der Waals surface area contributed by atoms with Gasteiger partial charge in [0.15, 0.2) is 0 Å². The van der Waals surface area contributed by atoms with Crippen LogP contribution in [0, 0.1) is 6.04 Å². The Morgan fingerprint density at radius 3 is 2.69 bits per heavy atom. The molecule has 1 fully saturated rings. The van der Waals surface area contributed by atoms with Gasteiger partial charge in [0, 0.05) is 32.7 Å². The highest BCUT2D eigenvalue weighted by molar-refractivity contribution is 5.23. The molecule has 4 heteroatoms. The quantitative estimate of drug-likeness (QED) is 0.694. The molecule has 2 aliphatic rings. The summed E-state index contributed by atoms with van der Waals surface area (Å²) in [6, 6.07) is 0.890. The van der Waals surface area contributed by atoms with Gasteiger partial charge in [0.05, 0.1) is 6.10 Å². The molecule has 2 N–H and O–H groups in total. The Bertz CT molecular complexity index is 269. The standard InChI is InChI=1S/C12H20N3O/c1-14-6-8-15(9-7-14)10-12(16)11-4-2-3-5-13-11/h2-5,12-13,16H,6-10H2,1H3. The fraction of sp³-hybridized carbons (Fsp3) is 0.583. The van der Waals surface area contributed by atoms with Gasteiger partial charge in [-0.05, 0) is 19.3 Å². The van der Waals surface area contributed by atoms with E-state index < -0.39 is 6.10 Å². The topological polar surface area (TPSA) is 38.7 Å². The van der Waals surface area contributed by atoms with Crippen molar-refractivity contribution in [3.63, 3.8) is 0 Å². The van der Waals surface area contributed by atoms with E-state index in [0.717, 1.165) is 32.2 Å². The van der Waals surface area contributed by atoms with Gasteiger partial charge in [-0.25, -0.2) is 0 Å². The third kappa shape index (κ3) is 3.07. The predicted molar refractivity (Wildman–Crippen MR) is 64.6 cm³/mol. The third-order valence-electron chi connectivity index (χ3n) is 3.12. The van der Waals surface area contributed by atoms with Crippen LogP contribution in [-0.4, -0.2) is 60.8 Å². The first-order valence-corrected chi connectivity index (χ1v) is 5.81. The number of piperazine rings is 1. The maximum Gasteiger partial charge on any atom is 0.112 e. The number of β-amino-alcohol motifs (C(OH)–C–C–N with tert-alkyl or cyclic N) is 1. The Morgan fingerprint density at radius 1 is 1.31 bits per heavy atom. The number of allylic oxidation sites excluding steroid dienone is 2. The summed E-state index contributed by atoms with van der Waals surface area (Å²) >= 11 is 0. The SMILES string of the molecule is CN1CCN(CC(O)[C]2C=CC=CN2)CC1. The first-order chi connectivity index (χ1) is 7.75. The van der Waals surface area contributed by atoms with E-state index in [4.69, 9.17) is 0 Å². The largest absolute Gasteiger partial charge is 0.389 e. The summed E-state index contributed by atoms with van der Waals surface area (Å²) in [6.45, 7) is 4.98. The second kappa shape index (κ2) is 5.48. The fourth-order valence-corrected chi connectivity index (χ4v) is 1.99. The van der Waals surface area contributed by atoms with Gasteiger partial charge in [-0.3, -0.25) is 4.90 Å². The van der Waals surface area contributed by atoms with E-state index in [1.54, 1.807) is 0 Å². The van der Waals surface area contributed by atoms with Crippen molar-refractivity contribution in [1.82, 2.24) is 15.1 Å². The summed E-state index contributed by atoms with van der Waals surface area (Å²) in [5, 5.41) is 13.1. The Balaban J connectivity index is 1.76. The number of rotatable bonds is 3. The van der Waals surface area contributed by atoms with Crippen molar-refractivity contribution in [3.8, 4) is 0 Å². The summed E-state index contributed by atoms with van der Waals surface area (Å²) in [5.74, 6) is 0.